The van der Waals surface area contributed by atoms with Crippen LogP contribution in [0, 0.1) is 0 Å². The molecule has 0 aliphatic carbocycles. The van der Waals surface area contributed by atoms with E-state index < -0.39 is 5.60 Å². The first-order valence-corrected chi connectivity index (χ1v) is 5.50. The van der Waals surface area contributed by atoms with Gasteiger partial charge in [0, 0.05) is 5.02 Å². The lowest BCUT2D eigenvalue weighted by atomic mass is 9.94. The summed E-state index contributed by atoms with van der Waals surface area (Å²) in [5.74, 6) is -0.259. The third-order valence-corrected chi connectivity index (χ3v) is 3.21. The molecule has 2 nitrogen and oxygen atoms in total. The maximum Gasteiger partial charge on any atom is 0.339 e. The molecule has 0 bridgehead atoms. The van der Waals surface area contributed by atoms with Crippen molar-refractivity contribution in [2.45, 2.75) is 26.4 Å². The van der Waals surface area contributed by atoms with Crippen molar-refractivity contribution in [1.82, 2.24) is 0 Å². The molecule has 0 unspecified atom stereocenters. The zero-order chi connectivity index (χ0) is 11.9. The fourth-order valence-electron chi connectivity index (χ4n) is 1.76. The number of rotatable bonds is 1. The van der Waals surface area contributed by atoms with Gasteiger partial charge >= 0.3 is 5.97 Å². The average Bonchev–Trinajstić information content (AvgIpc) is 2.39. The second kappa shape index (κ2) is 3.63. The number of hydrogen-bond acceptors (Lipinski definition) is 2. The van der Waals surface area contributed by atoms with Crippen LogP contribution in [0.15, 0.2) is 29.8 Å². The van der Waals surface area contributed by atoms with E-state index in [1.165, 1.54) is 0 Å². The summed E-state index contributed by atoms with van der Waals surface area (Å²) >= 11 is 5.81. The summed E-state index contributed by atoms with van der Waals surface area (Å²) < 4.78 is 5.31. The normalized spacial score (nSPS) is 18.9. The van der Waals surface area contributed by atoms with Crippen molar-refractivity contribution < 1.29 is 9.53 Å². The molecule has 1 aliphatic heterocycles. The lowest BCUT2D eigenvalue weighted by Crippen LogP contribution is -2.21. The minimum atomic E-state index is -0.508. The van der Waals surface area contributed by atoms with Gasteiger partial charge in [0.15, 0.2) is 0 Å². The van der Waals surface area contributed by atoms with Crippen molar-refractivity contribution in [3.63, 3.8) is 0 Å². The molecule has 0 spiro atoms. The van der Waals surface area contributed by atoms with Crippen molar-refractivity contribution in [2.75, 3.05) is 0 Å². The largest absolute Gasteiger partial charge is 0.451 e. The molecule has 0 atom stereocenters. The Morgan fingerprint density at radius 1 is 1.19 bits per heavy atom. The van der Waals surface area contributed by atoms with Crippen LogP contribution in [0.1, 0.15) is 26.3 Å². The molecular formula is C13H13ClO2. The summed E-state index contributed by atoms with van der Waals surface area (Å²) in [6.07, 6.45) is 0. The molecule has 2 rings (SSSR count). The summed E-state index contributed by atoms with van der Waals surface area (Å²) in [4.78, 5) is 11.8. The van der Waals surface area contributed by atoms with E-state index in [0.29, 0.717) is 10.6 Å². The predicted octanol–water partition coefficient (Wildman–Crippen LogP) is 3.45. The highest BCUT2D eigenvalue weighted by Gasteiger charge is 2.37. The summed E-state index contributed by atoms with van der Waals surface area (Å²) in [5.41, 5.74) is 1.96. The standard InChI is InChI=1S/C13H13ClO2/c1-8-11(12(15)16-13(8,2)3)9-4-6-10(14)7-5-9/h4-7H,1-3H3. The highest BCUT2D eigenvalue weighted by molar-refractivity contribution is 6.30. The molecule has 0 N–H and O–H groups in total. The third-order valence-electron chi connectivity index (χ3n) is 2.96. The second-order valence-corrected chi connectivity index (χ2v) is 4.84. The lowest BCUT2D eigenvalue weighted by Gasteiger charge is -2.18. The molecule has 1 aromatic rings. The quantitative estimate of drug-likeness (QED) is 0.698. The maximum atomic E-state index is 11.8. The zero-order valence-corrected chi connectivity index (χ0v) is 10.3. The van der Waals surface area contributed by atoms with E-state index in [1.54, 1.807) is 12.1 Å². The van der Waals surface area contributed by atoms with Crippen molar-refractivity contribution in [3.8, 4) is 0 Å². The lowest BCUT2D eigenvalue weighted by molar-refractivity contribution is -0.142. The minimum absolute atomic E-state index is 0.259. The molecule has 1 aromatic carbocycles. The number of carbonyl (C=O) groups is 1. The molecule has 1 aliphatic rings. The second-order valence-electron chi connectivity index (χ2n) is 4.41. The van der Waals surface area contributed by atoms with Gasteiger partial charge in [-0.05, 0) is 44.0 Å². The van der Waals surface area contributed by atoms with Crippen molar-refractivity contribution in [1.29, 1.82) is 0 Å². The summed E-state index contributed by atoms with van der Waals surface area (Å²) in [6.45, 7) is 5.71. The Hall–Kier alpha value is -1.28. The number of hydrogen-bond donors (Lipinski definition) is 0. The Morgan fingerprint density at radius 2 is 1.75 bits per heavy atom. The monoisotopic (exact) mass is 236 g/mol. The first-order chi connectivity index (χ1) is 7.42. The van der Waals surface area contributed by atoms with Crippen LogP contribution in [0.5, 0.6) is 0 Å². The number of carbonyl (C=O) groups excluding carboxylic acids is 1. The third kappa shape index (κ3) is 1.74. The highest BCUT2D eigenvalue weighted by Crippen LogP contribution is 2.37. The van der Waals surface area contributed by atoms with Gasteiger partial charge in [0.25, 0.3) is 0 Å². The number of ether oxygens (including phenoxy) is 1. The van der Waals surface area contributed by atoms with E-state index in [9.17, 15) is 4.79 Å². The van der Waals surface area contributed by atoms with Gasteiger partial charge in [0.2, 0.25) is 0 Å². The molecule has 0 radical (unpaired) electrons. The van der Waals surface area contributed by atoms with Gasteiger partial charge in [0.1, 0.15) is 5.60 Å². The van der Waals surface area contributed by atoms with Crippen LogP contribution in [0.25, 0.3) is 5.57 Å². The van der Waals surface area contributed by atoms with E-state index >= 15 is 0 Å². The SMILES string of the molecule is CC1=C(c2ccc(Cl)cc2)C(=O)OC1(C)C. The Labute approximate surface area is 99.9 Å². The van der Waals surface area contributed by atoms with E-state index in [-0.39, 0.29) is 5.97 Å². The van der Waals surface area contributed by atoms with Gasteiger partial charge in [-0.3, -0.25) is 0 Å². The van der Waals surface area contributed by atoms with Crippen LogP contribution in [0.3, 0.4) is 0 Å². The first-order valence-electron chi connectivity index (χ1n) is 5.12. The smallest absolute Gasteiger partial charge is 0.339 e. The molecular weight excluding hydrogens is 224 g/mol. The van der Waals surface area contributed by atoms with Crippen molar-refractivity contribution in [2.24, 2.45) is 0 Å². The highest BCUT2D eigenvalue weighted by atomic mass is 35.5. The number of cyclic esters (lactones) is 1. The summed E-state index contributed by atoms with van der Waals surface area (Å²) in [7, 11) is 0. The van der Waals surface area contributed by atoms with Crippen molar-refractivity contribution in [3.05, 3.63) is 40.4 Å². The number of halogens is 1. The number of benzene rings is 1. The number of esters is 1. The molecule has 1 heterocycles. The fourth-order valence-corrected chi connectivity index (χ4v) is 1.89. The zero-order valence-electron chi connectivity index (χ0n) is 9.50. The van der Waals surface area contributed by atoms with Crippen LogP contribution < -0.4 is 0 Å². The van der Waals surface area contributed by atoms with Gasteiger partial charge in [-0.2, -0.15) is 0 Å². The molecule has 16 heavy (non-hydrogen) atoms. The van der Waals surface area contributed by atoms with Gasteiger partial charge in [-0.25, -0.2) is 4.79 Å². The Balaban J connectivity index is 2.52. The van der Waals surface area contributed by atoms with Gasteiger partial charge in [-0.1, -0.05) is 23.7 Å². The van der Waals surface area contributed by atoms with Crippen LogP contribution in [0.2, 0.25) is 5.02 Å². The predicted molar refractivity (Wildman–Crippen MR) is 64.2 cm³/mol. The molecule has 0 amide bonds. The Bertz CT molecular complexity index is 469. The molecule has 0 aromatic heterocycles. The van der Waals surface area contributed by atoms with E-state index in [0.717, 1.165) is 11.1 Å². The molecule has 0 saturated heterocycles. The fraction of sp³-hybridized carbons (Fsp3) is 0.308. The van der Waals surface area contributed by atoms with E-state index in [1.807, 2.05) is 32.9 Å². The molecule has 3 heteroatoms. The minimum Gasteiger partial charge on any atom is -0.451 e. The first kappa shape index (κ1) is 11.2. The average molecular weight is 237 g/mol. The maximum absolute atomic E-state index is 11.8. The van der Waals surface area contributed by atoms with Crippen LogP contribution in [-0.2, 0) is 9.53 Å². The van der Waals surface area contributed by atoms with Crippen molar-refractivity contribution >= 4 is 23.1 Å². The van der Waals surface area contributed by atoms with E-state index in [4.69, 9.17) is 16.3 Å². The van der Waals surface area contributed by atoms with Crippen LogP contribution >= 0.6 is 11.6 Å². The topological polar surface area (TPSA) is 26.3 Å². The summed E-state index contributed by atoms with van der Waals surface area (Å²) in [5, 5.41) is 0.660. The van der Waals surface area contributed by atoms with E-state index in [2.05, 4.69) is 0 Å². The molecule has 0 saturated carbocycles. The van der Waals surface area contributed by atoms with Gasteiger partial charge in [-0.15, -0.1) is 0 Å². The summed E-state index contributed by atoms with van der Waals surface area (Å²) in [6, 6.07) is 7.22. The molecule has 84 valence electrons. The molecule has 0 fully saturated rings. The van der Waals surface area contributed by atoms with Gasteiger partial charge < -0.3 is 4.74 Å². The van der Waals surface area contributed by atoms with Crippen LogP contribution in [0.4, 0.5) is 0 Å². The Kier molecular flexibility index (Phi) is 2.55. The Morgan fingerprint density at radius 3 is 2.19 bits per heavy atom. The van der Waals surface area contributed by atoms with Gasteiger partial charge in [0.05, 0.1) is 5.57 Å². The van der Waals surface area contributed by atoms with Crippen LogP contribution in [-0.4, -0.2) is 11.6 Å².